The minimum Gasteiger partial charge on any atom is -0.348 e. The van der Waals surface area contributed by atoms with Gasteiger partial charge in [0.2, 0.25) is 0 Å². The van der Waals surface area contributed by atoms with Crippen LogP contribution in [0.2, 0.25) is 0 Å². The van der Waals surface area contributed by atoms with Crippen molar-refractivity contribution in [1.29, 1.82) is 0 Å². The van der Waals surface area contributed by atoms with Crippen LogP contribution in [0.1, 0.15) is 38.2 Å². The molecule has 0 aliphatic carbocycles. The first-order chi connectivity index (χ1) is 11.1. The Bertz CT molecular complexity index is 545. The molecule has 2 rings (SSSR count). The molecule has 1 unspecified atom stereocenters. The first-order valence-electron chi connectivity index (χ1n) is 8.46. The summed E-state index contributed by atoms with van der Waals surface area (Å²) >= 11 is 0. The molecule has 5 heteroatoms. The first kappa shape index (κ1) is 17.5. The summed E-state index contributed by atoms with van der Waals surface area (Å²) in [7, 11) is 0. The quantitative estimate of drug-likeness (QED) is 0.647. The van der Waals surface area contributed by atoms with E-state index in [9.17, 15) is 9.59 Å². The maximum atomic E-state index is 11.8. The van der Waals surface area contributed by atoms with Crippen molar-refractivity contribution < 1.29 is 9.59 Å². The van der Waals surface area contributed by atoms with Gasteiger partial charge in [-0.1, -0.05) is 18.6 Å². The number of likely N-dealkylation sites (tertiary alicyclic amines) is 1. The van der Waals surface area contributed by atoms with Crippen LogP contribution in [0.4, 0.5) is 5.69 Å². The van der Waals surface area contributed by atoms with E-state index in [1.54, 1.807) is 6.07 Å². The maximum absolute atomic E-state index is 11.8. The summed E-state index contributed by atoms with van der Waals surface area (Å²) in [5.41, 5.74) is 1.69. The molecule has 1 aromatic carbocycles. The van der Waals surface area contributed by atoms with Crippen LogP contribution < -0.4 is 10.6 Å². The van der Waals surface area contributed by atoms with E-state index in [1.807, 2.05) is 25.1 Å². The number of carbonyl (C=O) groups is 2. The summed E-state index contributed by atoms with van der Waals surface area (Å²) in [6.45, 7) is 6.84. The van der Waals surface area contributed by atoms with Crippen LogP contribution in [-0.4, -0.2) is 42.4 Å². The maximum Gasteiger partial charge on any atom is 0.313 e. The van der Waals surface area contributed by atoms with Crippen molar-refractivity contribution in [3.05, 3.63) is 29.8 Å². The number of amides is 2. The van der Waals surface area contributed by atoms with Crippen LogP contribution in [0.15, 0.2) is 24.3 Å². The Hall–Kier alpha value is -1.88. The highest BCUT2D eigenvalue weighted by molar-refractivity contribution is 6.39. The molecular weight excluding hydrogens is 290 g/mol. The summed E-state index contributed by atoms with van der Waals surface area (Å²) in [6, 6.07) is 8.03. The lowest BCUT2D eigenvalue weighted by atomic mass is 10.0. The molecule has 1 aliphatic rings. The van der Waals surface area contributed by atoms with Crippen LogP contribution in [0.25, 0.3) is 0 Å². The zero-order valence-electron chi connectivity index (χ0n) is 14.1. The number of hydrogen-bond acceptors (Lipinski definition) is 3. The predicted molar refractivity (Wildman–Crippen MR) is 92.3 cm³/mol. The van der Waals surface area contributed by atoms with Crippen molar-refractivity contribution in [1.82, 2.24) is 10.2 Å². The highest BCUT2D eigenvalue weighted by Gasteiger charge is 2.18. The third-order valence-electron chi connectivity index (χ3n) is 4.33. The second-order valence-corrected chi connectivity index (χ2v) is 6.31. The van der Waals surface area contributed by atoms with Crippen LogP contribution >= 0.6 is 0 Å². The zero-order chi connectivity index (χ0) is 16.7. The van der Waals surface area contributed by atoms with Crippen molar-refractivity contribution in [3.63, 3.8) is 0 Å². The largest absolute Gasteiger partial charge is 0.348 e. The van der Waals surface area contributed by atoms with Gasteiger partial charge >= 0.3 is 11.8 Å². The van der Waals surface area contributed by atoms with Crippen LogP contribution in [-0.2, 0) is 9.59 Å². The lowest BCUT2D eigenvalue weighted by Gasteiger charge is -2.33. The molecule has 0 spiro atoms. The van der Waals surface area contributed by atoms with Gasteiger partial charge in [0.15, 0.2) is 0 Å². The second kappa shape index (κ2) is 8.67. The van der Waals surface area contributed by atoms with Gasteiger partial charge in [0.25, 0.3) is 0 Å². The smallest absolute Gasteiger partial charge is 0.313 e. The van der Waals surface area contributed by atoms with Crippen LogP contribution in [0.5, 0.6) is 0 Å². The third kappa shape index (κ3) is 5.67. The molecule has 1 aliphatic heterocycles. The molecule has 1 fully saturated rings. The Morgan fingerprint density at radius 1 is 1.26 bits per heavy atom. The molecule has 0 bridgehead atoms. The molecule has 1 heterocycles. The van der Waals surface area contributed by atoms with E-state index in [0.717, 1.165) is 25.1 Å². The molecule has 5 nitrogen and oxygen atoms in total. The summed E-state index contributed by atoms with van der Waals surface area (Å²) in [5.74, 6) is -1.18. The molecule has 23 heavy (non-hydrogen) atoms. The molecule has 0 saturated carbocycles. The minimum absolute atomic E-state index is 0.531. The van der Waals surface area contributed by atoms with Gasteiger partial charge in [-0.05, 0) is 57.4 Å². The highest BCUT2D eigenvalue weighted by Crippen LogP contribution is 2.16. The molecule has 2 N–H and O–H groups in total. The van der Waals surface area contributed by atoms with Gasteiger partial charge in [0, 0.05) is 24.8 Å². The number of aryl methyl sites for hydroxylation is 1. The Morgan fingerprint density at radius 2 is 2.09 bits per heavy atom. The van der Waals surface area contributed by atoms with E-state index >= 15 is 0 Å². The van der Waals surface area contributed by atoms with Gasteiger partial charge in [0.1, 0.15) is 0 Å². The summed E-state index contributed by atoms with van der Waals surface area (Å²) < 4.78 is 0. The average molecular weight is 317 g/mol. The molecular formula is C18H27N3O2. The second-order valence-electron chi connectivity index (χ2n) is 6.31. The van der Waals surface area contributed by atoms with E-state index in [1.165, 1.54) is 19.3 Å². The van der Waals surface area contributed by atoms with Gasteiger partial charge in [0.05, 0.1) is 0 Å². The van der Waals surface area contributed by atoms with Crippen molar-refractivity contribution in [3.8, 4) is 0 Å². The van der Waals surface area contributed by atoms with Gasteiger partial charge in [-0.3, -0.25) is 9.59 Å². The fraction of sp³-hybridized carbons (Fsp3) is 0.556. The SMILES string of the molecule is Cc1cccc(NC(=O)C(=O)NCCCN2CCCCC2C)c1. The number of benzene rings is 1. The number of nitrogens with zero attached hydrogens (tertiary/aromatic N) is 1. The normalized spacial score (nSPS) is 18.4. The predicted octanol–water partition coefficient (Wildman–Crippen LogP) is 2.31. The fourth-order valence-corrected chi connectivity index (χ4v) is 2.96. The van der Waals surface area contributed by atoms with Gasteiger partial charge in [-0.25, -0.2) is 0 Å². The highest BCUT2D eigenvalue weighted by atomic mass is 16.2. The zero-order valence-corrected chi connectivity index (χ0v) is 14.1. The number of hydrogen-bond donors (Lipinski definition) is 2. The molecule has 1 saturated heterocycles. The number of rotatable bonds is 5. The Morgan fingerprint density at radius 3 is 2.83 bits per heavy atom. The number of carbonyl (C=O) groups excluding carboxylic acids is 2. The number of nitrogens with one attached hydrogen (secondary N) is 2. The average Bonchev–Trinajstić information content (AvgIpc) is 2.53. The van der Waals surface area contributed by atoms with E-state index < -0.39 is 11.8 Å². The molecule has 0 aromatic heterocycles. The van der Waals surface area contributed by atoms with Crippen molar-refractivity contribution in [2.45, 2.75) is 45.6 Å². The Balaban J connectivity index is 1.67. The lowest BCUT2D eigenvalue weighted by molar-refractivity contribution is -0.136. The topological polar surface area (TPSA) is 61.4 Å². The van der Waals surface area contributed by atoms with Crippen molar-refractivity contribution in [2.24, 2.45) is 0 Å². The summed E-state index contributed by atoms with van der Waals surface area (Å²) in [4.78, 5) is 26.1. The number of anilines is 1. The molecule has 126 valence electrons. The van der Waals surface area contributed by atoms with Gasteiger partial charge in [-0.2, -0.15) is 0 Å². The molecule has 1 aromatic rings. The van der Waals surface area contributed by atoms with Crippen LogP contribution in [0.3, 0.4) is 0 Å². The van der Waals surface area contributed by atoms with Gasteiger partial charge < -0.3 is 15.5 Å². The Kier molecular flexibility index (Phi) is 6.59. The van der Waals surface area contributed by atoms with Crippen molar-refractivity contribution in [2.75, 3.05) is 25.0 Å². The van der Waals surface area contributed by atoms with Crippen molar-refractivity contribution >= 4 is 17.5 Å². The van der Waals surface area contributed by atoms with E-state index in [0.29, 0.717) is 18.3 Å². The van der Waals surface area contributed by atoms with Gasteiger partial charge in [-0.15, -0.1) is 0 Å². The molecule has 1 atom stereocenters. The standard InChI is InChI=1S/C18H27N3O2/c1-14-7-5-9-16(13-14)20-18(23)17(22)19-10-6-12-21-11-4-3-8-15(21)2/h5,7,9,13,15H,3-4,6,8,10-12H2,1-2H3,(H,19,22)(H,20,23). The van der Waals surface area contributed by atoms with E-state index in [4.69, 9.17) is 0 Å². The minimum atomic E-state index is -0.609. The third-order valence-corrected chi connectivity index (χ3v) is 4.33. The fourth-order valence-electron chi connectivity index (χ4n) is 2.96. The summed E-state index contributed by atoms with van der Waals surface area (Å²) in [6.07, 6.45) is 4.70. The molecule has 2 amide bonds. The van der Waals surface area contributed by atoms with E-state index in [-0.39, 0.29) is 0 Å². The first-order valence-corrected chi connectivity index (χ1v) is 8.46. The molecule has 0 radical (unpaired) electrons. The van der Waals surface area contributed by atoms with Crippen LogP contribution in [0, 0.1) is 6.92 Å². The summed E-state index contributed by atoms with van der Waals surface area (Å²) in [5, 5.41) is 5.31. The number of piperidine rings is 1. The lowest BCUT2D eigenvalue weighted by Crippen LogP contribution is -2.40. The Labute approximate surface area is 138 Å². The van der Waals surface area contributed by atoms with E-state index in [2.05, 4.69) is 22.5 Å². The monoisotopic (exact) mass is 317 g/mol.